The molecule has 1 aromatic carbocycles. The lowest BCUT2D eigenvalue weighted by atomic mass is 10.2. The monoisotopic (exact) mass is 183 g/mol. The van der Waals surface area contributed by atoms with Crippen LogP contribution in [0, 0.1) is 5.82 Å². The molecule has 1 aromatic rings. The lowest BCUT2D eigenvalue weighted by Crippen LogP contribution is -2.16. The van der Waals surface area contributed by atoms with Gasteiger partial charge in [0.15, 0.2) is 11.6 Å². The maximum absolute atomic E-state index is 12.9. The number of phenolic OH excluding ortho intramolecular Hbond substituents is 1. The number of halogens is 1. The van der Waals surface area contributed by atoms with Crippen LogP contribution in [0.2, 0.25) is 0 Å². The van der Waals surface area contributed by atoms with E-state index in [1.54, 1.807) is 6.07 Å². The minimum absolute atomic E-state index is 0.289. The summed E-state index contributed by atoms with van der Waals surface area (Å²) in [7, 11) is 1.96. The molecule has 0 aromatic heterocycles. The summed E-state index contributed by atoms with van der Waals surface area (Å²) in [4.78, 5) is 2.06. The molecule has 13 heavy (non-hydrogen) atoms. The van der Waals surface area contributed by atoms with Crippen molar-refractivity contribution in [2.24, 2.45) is 0 Å². The Balaban J connectivity index is 2.73. The molecule has 2 nitrogen and oxygen atoms in total. The van der Waals surface area contributed by atoms with Crippen molar-refractivity contribution in [1.82, 2.24) is 4.90 Å². The first-order valence-corrected chi connectivity index (χ1v) is 4.29. The molecule has 0 bridgehead atoms. The highest BCUT2D eigenvalue weighted by molar-refractivity contribution is 5.27. The number of nitrogens with zero attached hydrogens (tertiary/aromatic N) is 1. The predicted molar refractivity (Wildman–Crippen MR) is 50.1 cm³/mol. The van der Waals surface area contributed by atoms with Gasteiger partial charge in [-0.1, -0.05) is 13.0 Å². The van der Waals surface area contributed by atoms with E-state index in [0.29, 0.717) is 6.54 Å². The van der Waals surface area contributed by atoms with Crippen LogP contribution < -0.4 is 0 Å². The Morgan fingerprint density at radius 3 is 2.69 bits per heavy atom. The molecule has 0 spiro atoms. The maximum Gasteiger partial charge on any atom is 0.165 e. The van der Waals surface area contributed by atoms with Gasteiger partial charge in [0.05, 0.1) is 0 Å². The van der Waals surface area contributed by atoms with Crippen molar-refractivity contribution in [3.63, 3.8) is 0 Å². The molecule has 3 heteroatoms. The quantitative estimate of drug-likeness (QED) is 0.774. The van der Waals surface area contributed by atoms with Crippen LogP contribution in [0.1, 0.15) is 12.5 Å². The van der Waals surface area contributed by atoms with Gasteiger partial charge in [0, 0.05) is 6.54 Å². The molecule has 0 atom stereocenters. The lowest BCUT2D eigenvalue weighted by molar-refractivity contribution is 0.344. The molecule has 0 fully saturated rings. The van der Waals surface area contributed by atoms with Crippen LogP contribution in [0.25, 0.3) is 0 Å². The SMILES string of the molecule is CCN(C)Cc1ccc(O)c(F)c1. The summed E-state index contributed by atoms with van der Waals surface area (Å²) in [6.07, 6.45) is 0. The van der Waals surface area contributed by atoms with E-state index in [1.165, 1.54) is 12.1 Å². The highest BCUT2D eigenvalue weighted by Crippen LogP contribution is 2.16. The first-order valence-electron chi connectivity index (χ1n) is 4.29. The van der Waals surface area contributed by atoms with Gasteiger partial charge in [-0.05, 0) is 31.3 Å². The van der Waals surface area contributed by atoms with E-state index in [0.717, 1.165) is 12.1 Å². The zero-order valence-electron chi connectivity index (χ0n) is 7.92. The van der Waals surface area contributed by atoms with Crippen LogP contribution in [0.4, 0.5) is 4.39 Å². The van der Waals surface area contributed by atoms with Crippen LogP contribution in [0.5, 0.6) is 5.75 Å². The molecule has 0 aliphatic rings. The number of aromatic hydroxyl groups is 1. The van der Waals surface area contributed by atoms with E-state index >= 15 is 0 Å². The third-order valence-electron chi connectivity index (χ3n) is 2.00. The Bertz CT molecular complexity index is 288. The van der Waals surface area contributed by atoms with Gasteiger partial charge in [-0.25, -0.2) is 4.39 Å². The minimum Gasteiger partial charge on any atom is -0.505 e. The lowest BCUT2D eigenvalue weighted by Gasteiger charge is -2.13. The van der Waals surface area contributed by atoms with Crippen molar-refractivity contribution in [2.45, 2.75) is 13.5 Å². The van der Waals surface area contributed by atoms with Gasteiger partial charge < -0.3 is 10.0 Å². The number of phenols is 1. The van der Waals surface area contributed by atoms with Crippen LogP contribution in [0.15, 0.2) is 18.2 Å². The second-order valence-electron chi connectivity index (χ2n) is 3.12. The molecule has 0 saturated heterocycles. The summed E-state index contributed by atoms with van der Waals surface area (Å²) in [5, 5.41) is 8.95. The van der Waals surface area contributed by atoms with E-state index in [9.17, 15) is 4.39 Å². The molecule has 72 valence electrons. The van der Waals surface area contributed by atoms with Crippen LogP contribution >= 0.6 is 0 Å². The average Bonchev–Trinajstić information content (AvgIpc) is 2.11. The van der Waals surface area contributed by atoms with Crippen LogP contribution in [0.3, 0.4) is 0 Å². The summed E-state index contributed by atoms with van der Waals surface area (Å²) in [5.74, 6) is -0.843. The van der Waals surface area contributed by atoms with E-state index in [4.69, 9.17) is 5.11 Å². The van der Waals surface area contributed by atoms with E-state index in [1.807, 2.05) is 14.0 Å². The first kappa shape index (κ1) is 9.99. The summed E-state index contributed by atoms with van der Waals surface area (Å²) in [6.45, 7) is 3.66. The number of benzene rings is 1. The standard InChI is InChI=1S/C10H14FNO/c1-3-12(2)7-8-4-5-10(13)9(11)6-8/h4-6,13H,3,7H2,1-2H3. The Hall–Kier alpha value is -1.09. The zero-order chi connectivity index (χ0) is 9.84. The zero-order valence-corrected chi connectivity index (χ0v) is 7.92. The predicted octanol–water partition coefficient (Wildman–Crippen LogP) is 1.98. The number of rotatable bonds is 3. The van der Waals surface area contributed by atoms with Gasteiger partial charge >= 0.3 is 0 Å². The Morgan fingerprint density at radius 2 is 2.15 bits per heavy atom. The molecule has 0 aliphatic carbocycles. The molecule has 0 unspecified atom stereocenters. The maximum atomic E-state index is 12.9. The van der Waals surface area contributed by atoms with Gasteiger partial charge in [0.1, 0.15) is 0 Å². The molecule has 0 saturated carbocycles. The van der Waals surface area contributed by atoms with Gasteiger partial charge in [-0.3, -0.25) is 0 Å². The van der Waals surface area contributed by atoms with Crippen molar-refractivity contribution in [1.29, 1.82) is 0 Å². The molecular weight excluding hydrogens is 169 g/mol. The minimum atomic E-state index is -0.554. The Labute approximate surface area is 77.6 Å². The highest BCUT2D eigenvalue weighted by Gasteiger charge is 2.02. The van der Waals surface area contributed by atoms with Crippen molar-refractivity contribution >= 4 is 0 Å². The van der Waals surface area contributed by atoms with E-state index in [-0.39, 0.29) is 5.75 Å². The van der Waals surface area contributed by atoms with Gasteiger partial charge in [0.25, 0.3) is 0 Å². The van der Waals surface area contributed by atoms with Crippen molar-refractivity contribution in [3.05, 3.63) is 29.6 Å². The molecule has 1 N–H and O–H groups in total. The molecule has 0 heterocycles. The topological polar surface area (TPSA) is 23.5 Å². The Kier molecular flexibility index (Phi) is 3.25. The average molecular weight is 183 g/mol. The van der Waals surface area contributed by atoms with E-state index in [2.05, 4.69) is 4.90 Å². The van der Waals surface area contributed by atoms with Crippen LogP contribution in [-0.2, 0) is 6.54 Å². The fourth-order valence-corrected chi connectivity index (χ4v) is 1.07. The first-order chi connectivity index (χ1) is 6.13. The Morgan fingerprint density at radius 1 is 1.46 bits per heavy atom. The largest absolute Gasteiger partial charge is 0.505 e. The summed E-state index contributed by atoms with van der Waals surface area (Å²) in [5.41, 5.74) is 0.875. The van der Waals surface area contributed by atoms with Crippen molar-refractivity contribution in [3.8, 4) is 5.75 Å². The molecular formula is C10H14FNO. The summed E-state index contributed by atoms with van der Waals surface area (Å²) >= 11 is 0. The summed E-state index contributed by atoms with van der Waals surface area (Å²) < 4.78 is 12.9. The fourth-order valence-electron chi connectivity index (χ4n) is 1.07. The van der Waals surface area contributed by atoms with Crippen molar-refractivity contribution < 1.29 is 9.50 Å². The molecule has 0 amide bonds. The van der Waals surface area contributed by atoms with Gasteiger partial charge in [-0.15, -0.1) is 0 Å². The number of hydrogen-bond acceptors (Lipinski definition) is 2. The smallest absolute Gasteiger partial charge is 0.165 e. The third kappa shape index (κ3) is 2.70. The third-order valence-corrected chi connectivity index (χ3v) is 2.00. The van der Waals surface area contributed by atoms with Gasteiger partial charge in [-0.2, -0.15) is 0 Å². The summed E-state index contributed by atoms with van der Waals surface area (Å²) in [6, 6.07) is 4.47. The van der Waals surface area contributed by atoms with Crippen molar-refractivity contribution in [2.75, 3.05) is 13.6 Å². The fraction of sp³-hybridized carbons (Fsp3) is 0.400. The molecule has 0 aliphatic heterocycles. The number of hydrogen-bond donors (Lipinski definition) is 1. The van der Waals surface area contributed by atoms with E-state index < -0.39 is 5.82 Å². The second kappa shape index (κ2) is 4.23. The molecule has 1 rings (SSSR count). The highest BCUT2D eigenvalue weighted by atomic mass is 19.1. The molecule has 0 radical (unpaired) electrons. The normalized spacial score (nSPS) is 10.8. The second-order valence-corrected chi connectivity index (χ2v) is 3.12. The van der Waals surface area contributed by atoms with Crippen LogP contribution in [-0.4, -0.2) is 23.6 Å². The van der Waals surface area contributed by atoms with Gasteiger partial charge in [0.2, 0.25) is 0 Å².